The molecular formula is C21H23F3N4OS. The van der Waals surface area contributed by atoms with Crippen LogP contribution < -0.4 is 10.2 Å². The van der Waals surface area contributed by atoms with Crippen LogP contribution in [0.15, 0.2) is 35.8 Å². The number of imidazole rings is 1. The fourth-order valence-corrected chi connectivity index (χ4v) is 4.74. The zero-order valence-electron chi connectivity index (χ0n) is 16.7. The number of carbonyl (C=O) groups excluding carboxylic acids is 1. The number of nitrogens with one attached hydrogen (secondary N) is 1. The first-order valence-corrected chi connectivity index (χ1v) is 10.8. The van der Waals surface area contributed by atoms with E-state index in [0.29, 0.717) is 25.2 Å². The van der Waals surface area contributed by atoms with Gasteiger partial charge in [0.1, 0.15) is 5.69 Å². The van der Waals surface area contributed by atoms with Crippen LogP contribution in [0.25, 0.3) is 4.96 Å². The molecule has 1 amide bonds. The summed E-state index contributed by atoms with van der Waals surface area (Å²) in [5, 5.41) is 4.81. The molecular weight excluding hydrogens is 413 g/mol. The molecule has 1 aromatic carbocycles. The number of anilines is 1. The van der Waals surface area contributed by atoms with Gasteiger partial charge < -0.3 is 10.2 Å². The molecule has 1 N–H and O–H groups in total. The smallest absolute Gasteiger partial charge is 0.371 e. The summed E-state index contributed by atoms with van der Waals surface area (Å²) in [6, 6.07) is 7.33. The van der Waals surface area contributed by atoms with Crippen LogP contribution in [0.1, 0.15) is 35.6 Å². The fraction of sp³-hybridized carbons (Fsp3) is 0.429. The van der Waals surface area contributed by atoms with Gasteiger partial charge in [-0.25, -0.2) is 4.98 Å². The second-order valence-electron chi connectivity index (χ2n) is 7.70. The molecule has 4 rings (SSSR count). The van der Waals surface area contributed by atoms with Crippen LogP contribution in [0.5, 0.6) is 0 Å². The summed E-state index contributed by atoms with van der Waals surface area (Å²) in [6.07, 6.45) is -1.67. The first kappa shape index (κ1) is 20.7. The topological polar surface area (TPSA) is 49.6 Å². The lowest BCUT2D eigenvalue weighted by atomic mass is 9.98. The van der Waals surface area contributed by atoms with Crippen molar-refractivity contribution in [3.05, 3.63) is 52.8 Å². The molecule has 0 saturated carbocycles. The number of fused-ring (bicyclic) bond motifs is 1. The third-order valence-electron chi connectivity index (χ3n) is 5.67. The predicted molar refractivity (Wildman–Crippen MR) is 111 cm³/mol. The van der Waals surface area contributed by atoms with Gasteiger partial charge >= 0.3 is 6.18 Å². The summed E-state index contributed by atoms with van der Waals surface area (Å²) >= 11 is 1.48. The van der Waals surface area contributed by atoms with Gasteiger partial charge in [-0.05, 0) is 30.0 Å². The quantitative estimate of drug-likeness (QED) is 0.640. The molecule has 2 atom stereocenters. The molecule has 3 aromatic rings. The Morgan fingerprint density at radius 2 is 2.00 bits per heavy atom. The van der Waals surface area contributed by atoms with Crippen molar-refractivity contribution in [1.29, 1.82) is 0 Å². The Morgan fingerprint density at radius 1 is 1.27 bits per heavy atom. The number of amides is 1. The minimum Gasteiger partial charge on any atom is -0.371 e. The molecule has 0 aliphatic carbocycles. The van der Waals surface area contributed by atoms with E-state index >= 15 is 0 Å². The van der Waals surface area contributed by atoms with E-state index in [9.17, 15) is 18.0 Å². The highest BCUT2D eigenvalue weighted by atomic mass is 32.1. The van der Waals surface area contributed by atoms with Crippen LogP contribution in [0.3, 0.4) is 0 Å². The highest BCUT2D eigenvalue weighted by Gasteiger charge is 2.47. The molecule has 1 aliphatic heterocycles. The number of thiazole rings is 1. The first-order chi connectivity index (χ1) is 14.3. The van der Waals surface area contributed by atoms with Crippen molar-refractivity contribution in [2.45, 2.75) is 33.0 Å². The third kappa shape index (κ3) is 3.90. The average Bonchev–Trinajstić information content (AvgIpc) is 3.39. The lowest BCUT2D eigenvalue weighted by Gasteiger charge is -2.20. The van der Waals surface area contributed by atoms with Gasteiger partial charge in [0.05, 0.1) is 11.6 Å². The van der Waals surface area contributed by atoms with E-state index in [1.165, 1.54) is 11.3 Å². The molecule has 30 heavy (non-hydrogen) atoms. The number of nitrogens with zero attached hydrogens (tertiary/aromatic N) is 3. The van der Waals surface area contributed by atoms with E-state index < -0.39 is 18.0 Å². The Balaban J connectivity index is 1.41. The van der Waals surface area contributed by atoms with Crippen LogP contribution in [0, 0.1) is 11.8 Å². The molecule has 3 heterocycles. The highest BCUT2D eigenvalue weighted by molar-refractivity contribution is 7.15. The van der Waals surface area contributed by atoms with Gasteiger partial charge in [0.25, 0.3) is 5.91 Å². The number of carbonyl (C=O) groups is 1. The fourth-order valence-electron chi connectivity index (χ4n) is 4.01. The van der Waals surface area contributed by atoms with Crippen molar-refractivity contribution in [2.24, 2.45) is 11.8 Å². The summed E-state index contributed by atoms with van der Waals surface area (Å²) in [5.74, 6) is -1.92. The molecule has 2 unspecified atom stereocenters. The maximum Gasteiger partial charge on any atom is 0.393 e. The van der Waals surface area contributed by atoms with Crippen molar-refractivity contribution in [3.8, 4) is 0 Å². The highest BCUT2D eigenvalue weighted by Crippen LogP contribution is 2.38. The molecule has 2 aromatic heterocycles. The summed E-state index contributed by atoms with van der Waals surface area (Å²) in [6.45, 7) is 4.32. The van der Waals surface area contributed by atoms with Crippen LogP contribution in [0.4, 0.5) is 18.9 Å². The normalized spacial score (nSPS) is 19.6. The van der Waals surface area contributed by atoms with E-state index in [-0.39, 0.29) is 12.5 Å². The number of hydrogen-bond acceptors (Lipinski definition) is 4. The van der Waals surface area contributed by atoms with Gasteiger partial charge in [-0.2, -0.15) is 13.2 Å². The number of benzene rings is 1. The molecule has 0 spiro atoms. The van der Waals surface area contributed by atoms with Gasteiger partial charge in [-0.1, -0.05) is 26.0 Å². The van der Waals surface area contributed by atoms with Crippen LogP contribution in [-0.2, 0) is 13.0 Å². The lowest BCUT2D eigenvalue weighted by molar-refractivity contribution is -0.177. The maximum absolute atomic E-state index is 13.1. The van der Waals surface area contributed by atoms with Gasteiger partial charge in [-0.15, -0.1) is 11.3 Å². The van der Waals surface area contributed by atoms with E-state index in [2.05, 4.69) is 10.3 Å². The zero-order valence-corrected chi connectivity index (χ0v) is 17.6. The number of hydrogen-bond donors (Lipinski definition) is 1. The standard InChI is InChI=1S/C21H23F3N4OS/c1-3-17-18(28-8-9-30-20(28)26-17)19(29)25-10-14-4-6-15(7-5-14)27-11-13(2)16(12-27)21(22,23)24/h4-9,13,16H,3,10-12H2,1-2H3,(H,25,29). The SMILES string of the molecule is CCc1nc2sccn2c1C(=O)NCc1ccc(N2CC(C)C(C(F)(F)F)C2)cc1. The molecule has 160 valence electrons. The maximum atomic E-state index is 13.1. The summed E-state index contributed by atoms with van der Waals surface area (Å²) in [4.78, 5) is 19.8. The van der Waals surface area contributed by atoms with E-state index in [0.717, 1.165) is 21.9 Å². The average molecular weight is 437 g/mol. The van der Waals surface area contributed by atoms with Crippen molar-refractivity contribution in [1.82, 2.24) is 14.7 Å². The molecule has 0 radical (unpaired) electrons. The Bertz CT molecular complexity index is 1040. The molecule has 1 saturated heterocycles. The molecule has 1 fully saturated rings. The minimum absolute atomic E-state index is 0.0155. The van der Waals surface area contributed by atoms with Crippen LogP contribution >= 0.6 is 11.3 Å². The van der Waals surface area contributed by atoms with Crippen molar-refractivity contribution in [2.75, 3.05) is 18.0 Å². The monoisotopic (exact) mass is 436 g/mol. The van der Waals surface area contributed by atoms with Crippen molar-refractivity contribution in [3.63, 3.8) is 0 Å². The van der Waals surface area contributed by atoms with Crippen molar-refractivity contribution >= 4 is 27.9 Å². The van der Waals surface area contributed by atoms with Crippen molar-refractivity contribution < 1.29 is 18.0 Å². The molecule has 5 nitrogen and oxygen atoms in total. The van der Waals surface area contributed by atoms with E-state index in [1.54, 1.807) is 16.2 Å². The number of aromatic nitrogens is 2. The Morgan fingerprint density at radius 3 is 2.63 bits per heavy atom. The summed E-state index contributed by atoms with van der Waals surface area (Å²) in [5.41, 5.74) is 2.97. The van der Waals surface area contributed by atoms with Gasteiger partial charge in [0, 0.05) is 36.9 Å². The van der Waals surface area contributed by atoms with Gasteiger partial charge in [0.15, 0.2) is 4.96 Å². The number of rotatable bonds is 5. The number of alkyl halides is 3. The summed E-state index contributed by atoms with van der Waals surface area (Å²) < 4.78 is 41.1. The lowest BCUT2D eigenvalue weighted by Crippen LogP contribution is -2.29. The van der Waals surface area contributed by atoms with E-state index in [4.69, 9.17) is 0 Å². The first-order valence-electron chi connectivity index (χ1n) is 9.91. The third-order valence-corrected chi connectivity index (χ3v) is 6.43. The Kier molecular flexibility index (Phi) is 5.48. The Labute approximate surface area is 176 Å². The Hall–Kier alpha value is -2.55. The molecule has 9 heteroatoms. The molecule has 0 bridgehead atoms. The number of halogens is 3. The minimum atomic E-state index is -4.17. The second kappa shape index (κ2) is 7.94. The largest absolute Gasteiger partial charge is 0.393 e. The van der Waals surface area contributed by atoms with Gasteiger partial charge in [-0.3, -0.25) is 9.20 Å². The second-order valence-corrected chi connectivity index (χ2v) is 8.57. The van der Waals surface area contributed by atoms with Crippen LogP contribution in [-0.4, -0.2) is 34.6 Å². The summed E-state index contributed by atoms with van der Waals surface area (Å²) in [7, 11) is 0. The van der Waals surface area contributed by atoms with E-state index in [1.807, 2.05) is 42.8 Å². The number of aryl methyl sites for hydroxylation is 1. The zero-order chi connectivity index (χ0) is 21.5. The molecule has 1 aliphatic rings. The van der Waals surface area contributed by atoms with Gasteiger partial charge in [0.2, 0.25) is 0 Å². The van der Waals surface area contributed by atoms with Crippen LogP contribution in [0.2, 0.25) is 0 Å². The predicted octanol–water partition coefficient (Wildman–Crippen LogP) is 4.52.